The molecule has 2 aromatic rings. The van der Waals surface area contributed by atoms with Crippen LogP contribution in [-0.2, 0) is 11.2 Å². The first kappa shape index (κ1) is 19.9. The Morgan fingerprint density at radius 2 is 1.93 bits per heavy atom. The van der Waals surface area contributed by atoms with Crippen LogP contribution in [0.5, 0.6) is 23.0 Å². The number of amides is 1. The first-order valence-corrected chi connectivity index (χ1v) is 9.62. The van der Waals surface area contributed by atoms with Crippen molar-refractivity contribution in [2.75, 3.05) is 25.6 Å². The van der Waals surface area contributed by atoms with Gasteiger partial charge in [-0.05, 0) is 50.6 Å². The molecular weight excluding hydrogens is 358 g/mol. The Kier molecular flexibility index (Phi) is 6.63. The van der Waals surface area contributed by atoms with Gasteiger partial charge in [-0.3, -0.25) is 4.79 Å². The summed E-state index contributed by atoms with van der Waals surface area (Å²) in [5, 5.41) is 2.94. The number of carbonyl (C=O) groups excluding carboxylic acids is 1. The van der Waals surface area contributed by atoms with Gasteiger partial charge in [0.15, 0.2) is 0 Å². The highest BCUT2D eigenvalue weighted by Gasteiger charge is 2.22. The number of methoxy groups -OCH3 is 1. The molecule has 6 nitrogen and oxygen atoms in total. The van der Waals surface area contributed by atoms with E-state index in [1.165, 1.54) is 0 Å². The minimum atomic E-state index is -0.0784. The van der Waals surface area contributed by atoms with E-state index in [0.29, 0.717) is 37.5 Å². The largest absolute Gasteiger partial charge is 0.497 e. The van der Waals surface area contributed by atoms with E-state index in [2.05, 4.69) is 5.32 Å². The van der Waals surface area contributed by atoms with Gasteiger partial charge in [-0.1, -0.05) is 0 Å². The number of benzene rings is 2. The molecule has 3 rings (SSSR count). The molecule has 1 heterocycles. The molecule has 1 amide bonds. The zero-order chi connectivity index (χ0) is 19.9. The number of anilines is 1. The van der Waals surface area contributed by atoms with Gasteiger partial charge in [0, 0.05) is 24.5 Å². The standard InChI is InChI=1S/C22H27NO5/c1-4-26-21-13-16-12-15(2)28-20(16)14-19(21)23-22(24)6-5-11-27-18-9-7-17(25-3)8-10-18/h7-10,13-15H,4-6,11-12H2,1-3H3,(H,23,24)/t15-/m1/s1. The lowest BCUT2D eigenvalue weighted by molar-refractivity contribution is -0.116. The number of carbonyl (C=O) groups is 1. The minimum absolute atomic E-state index is 0.0784. The van der Waals surface area contributed by atoms with E-state index in [4.69, 9.17) is 18.9 Å². The van der Waals surface area contributed by atoms with E-state index in [1.807, 2.05) is 50.2 Å². The van der Waals surface area contributed by atoms with Crippen molar-refractivity contribution < 1.29 is 23.7 Å². The highest BCUT2D eigenvalue weighted by atomic mass is 16.5. The Labute approximate surface area is 165 Å². The molecule has 150 valence electrons. The van der Waals surface area contributed by atoms with Crippen molar-refractivity contribution in [3.05, 3.63) is 42.0 Å². The third-order valence-electron chi connectivity index (χ3n) is 4.45. The van der Waals surface area contributed by atoms with E-state index in [1.54, 1.807) is 7.11 Å². The molecule has 28 heavy (non-hydrogen) atoms. The first-order chi connectivity index (χ1) is 13.6. The lowest BCUT2D eigenvalue weighted by Crippen LogP contribution is -2.14. The molecule has 2 aromatic carbocycles. The molecule has 0 unspecified atom stereocenters. The summed E-state index contributed by atoms with van der Waals surface area (Å²) < 4.78 is 22.3. The summed E-state index contributed by atoms with van der Waals surface area (Å²) >= 11 is 0. The second kappa shape index (κ2) is 9.35. The van der Waals surface area contributed by atoms with Crippen molar-refractivity contribution in [2.45, 2.75) is 39.2 Å². The van der Waals surface area contributed by atoms with Gasteiger partial charge >= 0.3 is 0 Å². The van der Waals surface area contributed by atoms with Gasteiger partial charge in [-0.25, -0.2) is 0 Å². The average molecular weight is 385 g/mol. The van der Waals surface area contributed by atoms with Crippen molar-refractivity contribution in [1.29, 1.82) is 0 Å². The third kappa shape index (κ3) is 5.09. The Balaban J connectivity index is 1.50. The molecule has 0 saturated carbocycles. The summed E-state index contributed by atoms with van der Waals surface area (Å²) in [5.74, 6) is 2.95. The van der Waals surface area contributed by atoms with E-state index in [9.17, 15) is 4.79 Å². The molecule has 1 N–H and O–H groups in total. The fourth-order valence-corrected chi connectivity index (χ4v) is 3.12. The molecule has 1 aliphatic heterocycles. The van der Waals surface area contributed by atoms with Crippen LogP contribution in [0.25, 0.3) is 0 Å². The van der Waals surface area contributed by atoms with E-state index < -0.39 is 0 Å². The van der Waals surface area contributed by atoms with Crippen LogP contribution in [0.15, 0.2) is 36.4 Å². The molecule has 0 bridgehead atoms. The zero-order valence-electron chi connectivity index (χ0n) is 16.6. The topological polar surface area (TPSA) is 66.0 Å². The van der Waals surface area contributed by atoms with Crippen LogP contribution in [0, 0.1) is 0 Å². The van der Waals surface area contributed by atoms with Gasteiger partial charge in [0.2, 0.25) is 5.91 Å². The Morgan fingerprint density at radius 3 is 2.64 bits per heavy atom. The number of ether oxygens (including phenoxy) is 4. The maximum atomic E-state index is 12.3. The molecule has 0 aromatic heterocycles. The minimum Gasteiger partial charge on any atom is -0.497 e. The van der Waals surface area contributed by atoms with E-state index in [-0.39, 0.29) is 12.0 Å². The number of hydrogen-bond acceptors (Lipinski definition) is 5. The highest BCUT2D eigenvalue weighted by Crippen LogP contribution is 2.38. The molecule has 0 radical (unpaired) electrons. The van der Waals surface area contributed by atoms with Crippen LogP contribution < -0.4 is 24.3 Å². The fraction of sp³-hybridized carbons (Fsp3) is 0.409. The maximum absolute atomic E-state index is 12.3. The van der Waals surface area contributed by atoms with Crippen LogP contribution in [0.4, 0.5) is 5.69 Å². The van der Waals surface area contributed by atoms with Gasteiger partial charge in [0.05, 0.1) is 26.0 Å². The predicted molar refractivity (Wildman–Crippen MR) is 108 cm³/mol. The lowest BCUT2D eigenvalue weighted by Gasteiger charge is -2.13. The van der Waals surface area contributed by atoms with Gasteiger partial charge < -0.3 is 24.3 Å². The van der Waals surface area contributed by atoms with E-state index in [0.717, 1.165) is 29.2 Å². The average Bonchev–Trinajstić information content (AvgIpc) is 3.05. The molecule has 0 spiro atoms. The van der Waals surface area contributed by atoms with Gasteiger partial charge in [-0.15, -0.1) is 0 Å². The van der Waals surface area contributed by atoms with Crippen molar-refractivity contribution in [1.82, 2.24) is 0 Å². The van der Waals surface area contributed by atoms with Crippen LogP contribution in [0.1, 0.15) is 32.3 Å². The second-order valence-electron chi connectivity index (χ2n) is 6.70. The highest BCUT2D eigenvalue weighted by molar-refractivity contribution is 5.92. The van der Waals surface area contributed by atoms with Crippen LogP contribution >= 0.6 is 0 Å². The van der Waals surface area contributed by atoms with E-state index >= 15 is 0 Å². The van der Waals surface area contributed by atoms with Crippen LogP contribution in [0.2, 0.25) is 0 Å². The maximum Gasteiger partial charge on any atom is 0.224 e. The van der Waals surface area contributed by atoms with Crippen molar-refractivity contribution in [3.8, 4) is 23.0 Å². The van der Waals surface area contributed by atoms with Crippen LogP contribution in [-0.4, -0.2) is 32.3 Å². The van der Waals surface area contributed by atoms with Crippen molar-refractivity contribution >= 4 is 11.6 Å². The normalized spacial score (nSPS) is 14.8. The summed E-state index contributed by atoms with van der Waals surface area (Å²) in [6.45, 7) is 4.95. The Morgan fingerprint density at radius 1 is 1.18 bits per heavy atom. The van der Waals surface area contributed by atoms with Crippen molar-refractivity contribution in [2.24, 2.45) is 0 Å². The van der Waals surface area contributed by atoms with Gasteiger partial charge in [0.25, 0.3) is 0 Å². The smallest absolute Gasteiger partial charge is 0.224 e. The molecule has 6 heteroatoms. The summed E-state index contributed by atoms with van der Waals surface area (Å²) in [6, 6.07) is 11.2. The number of hydrogen-bond donors (Lipinski definition) is 1. The Hall–Kier alpha value is -2.89. The van der Waals surface area contributed by atoms with Gasteiger partial charge in [0.1, 0.15) is 29.1 Å². The molecule has 0 fully saturated rings. The number of rotatable bonds is 9. The zero-order valence-corrected chi connectivity index (χ0v) is 16.6. The third-order valence-corrected chi connectivity index (χ3v) is 4.45. The fourth-order valence-electron chi connectivity index (χ4n) is 3.12. The second-order valence-corrected chi connectivity index (χ2v) is 6.70. The summed E-state index contributed by atoms with van der Waals surface area (Å²) in [4.78, 5) is 12.3. The SMILES string of the molecule is CCOc1cc2c(cc1NC(=O)CCCOc1ccc(OC)cc1)O[C@H](C)C2. The number of fused-ring (bicyclic) bond motifs is 1. The molecule has 1 aliphatic rings. The molecule has 0 aliphatic carbocycles. The monoisotopic (exact) mass is 385 g/mol. The van der Waals surface area contributed by atoms with Crippen LogP contribution in [0.3, 0.4) is 0 Å². The van der Waals surface area contributed by atoms with Gasteiger partial charge in [-0.2, -0.15) is 0 Å². The van der Waals surface area contributed by atoms with Crippen molar-refractivity contribution in [3.63, 3.8) is 0 Å². The Bertz CT molecular complexity index is 803. The first-order valence-electron chi connectivity index (χ1n) is 9.62. The summed E-state index contributed by atoms with van der Waals surface area (Å²) in [7, 11) is 1.62. The summed E-state index contributed by atoms with van der Waals surface area (Å²) in [5.41, 5.74) is 1.76. The number of nitrogens with one attached hydrogen (secondary N) is 1. The molecular formula is C22H27NO5. The molecule has 1 atom stereocenters. The predicted octanol–water partition coefficient (Wildman–Crippen LogP) is 4.22. The molecule has 0 saturated heterocycles. The summed E-state index contributed by atoms with van der Waals surface area (Å²) in [6.07, 6.45) is 1.97. The quantitative estimate of drug-likeness (QED) is 0.655. The lowest BCUT2D eigenvalue weighted by atomic mass is 10.1.